The number of benzene rings is 1. The average molecular weight is 422 g/mol. The number of quaternary nitrogens is 1. The molecule has 30 heavy (non-hydrogen) atoms. The summed E-state index contributed by atoms with van der Waals surface area (Å²) >= 11 is 0. The van der Waals surface area contributed by atoms with Crippen LogP contribution in [0, 0.1) is 5.82 Å². The fourth-order valence-corrected chi connectivity index (χ4v) is 3.44. The molecule has 2 rings (SSSR count). The van der Waals surface area contributed by atoms with E-state index in [-0.39, 0.29) is 18.4 Å². The summed E-state index contributed by atoms with van der Waals surface area (Å²) in [5.41, 5.74) is 2.00. The van der Waals surface area contributed by atoms with Crippen molar-refractivity contribution in [1.82, 2.24) is 4.57 Å². The van der Waals surface area contributed by atoms with Gasteiger partial charge in [-0.05, 0) is 36.2 Å². The second-order valence-corrected chi connectivity index (χ2v) is 7.57. The second-order valence-electron chi connectivity index (χ2n) is 7.57. The monoisotopic (exact) mass is 421 g/mol. The highest BCUT2D eigenvalue weighted by Crippen LogP contribution is 2.09. The van der Waals surface area contributed by atoms with Gasteiger partial charge in [0.25, 0.3) is 0 Å². The van der Waals surface area contributed by atoms with Gasteiger partial charge < -0.3 is 24.0 Å². The van der Waals surface area contributed by atoms with Crippen molar-refractivity contribution in [2.45, 2.75) is 45.4 Å². The van der Waals surface area contributed by atoms with Crippen LogP contribution in [0.2, 0.25) is 0 Å². The number of rotatable bonds is 14. The van der Waals surface area contributed by atoms with Crippen molar-refractivity contribution in [3.05, 3.63) is 59.7 Å². The summed E-state index contributed by atoms with van der Waals surface area (Å²) in [7, 11) is 1.67. The fourth-order valence-electron chi connectivity index (χ4n) is 3.44. The van der Waals surface area contributed by atoms with E-state index in [2.05, 4.69) is 4.57 Å². The Hall–Kier alpha value is -2.22. The van der Waals surface area contributed by atoms with Crippen LogP contribution in [0.5, 0.6) is 0 Å². The van der Waals surface area contributed by atoms with Crippen molar-refractivity contribution < 1.29 is 28.7 Å². The number of nitrogens with one attached hydrogen (secondary N) is 1. The lowest BCUT2D eigenvalue weighted by Crippen LogP contribution is -3.12. The minimum Gasteiger partial charge on any atom is -0.463 e. The van der Waals surface area contributed by atoms with Crippen molar-refractivity contribution >= 4 is 5.97 Å². The van der Waals surface area contributed by atoms with Crippen LogP contribution in [0.1, 0.15) is 37.4 Å². The number of nitrogens with zero attached hydrogens (tertiary/aromatic N) is 1. The minimum absolute atomic E-state index is 0.0108. The van der Waals surface area contributed by atoms with Crippen molar-refractivity contribution in [3.8, 4) is 0 Å². The van der Waals surface area contributed by atoms with Gasteiger partial charge in [-0.25, -0.2) is 4.39 Å². The third-order valence-electron chi connectivity index (χ3n) is 4.89. The lowest BCUT2D eigenvalue weighted by atomic mass is 10.2. The quantitative estimate of drug-likeness (QED) is 0.361. The molecule has 0 spiro atoms. The van der Waals surface area contributed by atoms with E-state index in [0.29, 0.717) is 32.7 Å². The summed E-state index contributed by atoms with van der Waals surface area (Å²) in [6.45, 7) is 5.15. The van der Waals surface area contributed by atoms with E-state index in [9.17, 15) is 14.3 Å². The molecular formula is C23H34FN2O4+. The highest BCUT2D eigenvalue weighted by atomic mass is 19.1. The Morgan fingerprint density at radius 2 is 2.13 bits per heavy atom. The second kappa shape index (κ2) is 13.2. The van der Waals surface area contributed by atoms with E-state index in [1.807, 2.05) is 31.3 Å². The average Bonchev–Trinajstić information content (AvgIpc) is 3.13. The van der Waals surface area contributed by atoms with Gasteiger partial charge in [-0.3, -0.25) is 4.79 Å². The van der Waals surface area contributed by atoms with Gasteiger partial charge in [-0.2, -0.15) is 0 Å². The molecule has 7 heteroatoms. The summed E-state index contributed by atoms with van der Waals surface area (Å²) in [6.07, 6.45) is 3.21. The Balaban J connectivity index is 1.98. The molecule has 1 unspecified atom stereocenters. The number of hydrogen-bond acceptors (Lipinski definition) is 4. The number of aliphatic hydroxyl groups excluding tert-OH is 1. The van der Waals surface area contributed by atoms with Crippen LogP contribution in [-0.4, -0.2) is 55.2 Å². The minimum atomic E-state index is -0.727. The molecule has 1 aromatic heterocycles. The summed E-state index contributed by atoms with van der Waals surface area (Å²) in [4.78, 5) is 12.7. The highest BCUT2D eigenvalue weighted by molar-refractivity contribution is 5.69. The number of ether oxygens (including phenoxy) is 2. The maximum Gasteiger partial charge on any atom is 0.305 e. The first kappa shape index (κ1) is 24.1. The molecule has 0 saturated heterocycles. The van der Waals surface area contributed by atoms with E-state index in [0.717, 1.165) is 30.6 Å². The molecular weight excluding hydrogens is 387 g/mol. The molecule has 0 fully saturated rings. The number of esters is 1. The molecule has 1 aromatic carbocycles. The molecule has 0 radical (unpaired) electrons. The number of aromatic nitrogens is 1. The van der Waals surface area contributed by atoms with Gasteiger partial charge in [0.1, 0.15) is 31.6 Å². The number of carbonyl (C=O) groups excluding carboxylic acids is 1. The highest BCUT2D eigenvalue weighted by Gasteiger charge is 2.19. The normalized spacial score (nSPS) is 13.2. The largest absolute Gasteiger partial charge is 0.463 e. The summed E-state index contributed by atoms with van der Waals surface area (Å²) in [5, 5.41) is 10.4. The number of carbonyl (C=O) groups is 1. The van der Waals surface area contributed by atoms with Crippen LogP contribution in [0.15, 0.2) is 42.6 Å². The SMILES string of the molecule is CCCC(=O)OC[C@H](O)C[NH+](CCCOC)Cc1cccn1Cc1cccc(F)c1. The number of methoxy groups -OCH3 is 1. The number of hydrogen-bond donors (Lipinski definition) is 2. The maximum atomic E-state index is 13.5. The molecule has 0 amide bonds. The van der Waals surface area contributed by atoms with Crippen LogP contribution in [-0.2, 0) is 27.4 Å². The van der Waals surface area contributed by atoms with Crippen molar-refractivity contribution in [2.75, 3.05) is 33.4 Å². The zero-order valence-electron chi connectivity index (χ0n) is 18.0. The van der Waals surface area contributed by atoms with Crippen molar-refractivity contribution in [3.63, 3.8) is 0 Å². The van der Waals surface area contributed by atoms with Crippen LogP contribution in [0.25, 0.3) is 0 Å². The Bertz CT molecular complexity index is 765. The van der Waals surface area contributed by atoms with Gasteiger partial charge in [-0.1, -0.05) is 19.1 Å². The Morgan fingerprint density at radius 1 is 1.30 bits per heavy atom. The number of aliphatic hydroxyl groups is 1. The topological polar surface area (TPSA) is 65.1 Å². The molecule has 2 N–H and O–H groups in total. The molecule has 0 aliphatic carbocycles. The van der Waals surface area contributed by atoms with E-state index in [4.69, 9.17) is 9.47 Å². The molecule has 0 aliphatic heterocycles. The van der Waals surface area contributed by atoms with Crippen LogP contribution >= 0.6 is 0 Å². The van der Waals surface area contributed by atoms with Gasteiger partial charge in [0, 0.05) is 32.7 Å². The van der Waals surface area contributed by atoms with E-state index in [1.54, 1.807) is 19.2 Å². The van der Waals surface area contributed by atoms with E-state index < -0.39 is 6.10 Å². The molecule has 6 nitrogen and oxygen atoms in total. The van der Waals surface area contributed by atoms with E-state index >= 15 is 0 Å². The predicted molar refractivity (Wildman–Crippen MR) is 113 cm³/mol. The summed E-state index contributed by atoms with van der Waals surface area (Å²) in [5.74, 6) is -0.518. The molecule has 0 aliphatic rings. The third-order valence-corrected chi connectivity index (χ3v) is 4.89. The predicted octanol–water partition coefficient (Wildman–Crippen LogP) is 1.80. The fraction of sp³-hybridized carbons (Fsp3) is 0.522. The lowest BCUT2D eigenvalue weighted by Gasteiger charge is -2.23. The standard InChI is InChI=1S/C23H33FN2O4/c1-3-7-23(28)30-18-22(27)17-25(11-6-13-29-2)16-21-10-5-12-26(21)15-19-8-4-9-20(24)14-19/h4-5,8-10,12,14,22,27H,3,6-7,11,13,15-18H2,1-2H3/p+1/t22-/m1/s1. The van der Waals surface area contributed by atoms with Gasteiger partial charge in [0.05, 0.1) is 18.8 Å². The molecule has 2 aromatic rings. The Morgan fingerprint density at radius 3 is 2.87 bits per heavy atom. The zero-order chi connectivity index (χ0) is 21.8. The Kier molecular flexibility index (Phi) is 10.5. The first-order valence-corrected chi connectivity index (χ1v) is 10.6. The van der Waals surface area contributed by atoms with Gasteiger partial charge in [0.15, 0.2) is 0 Å². The molecule has 0 bridgehead atoms. The van der Waals surface area contributed by atoms with Crippen molar-refractivity contribution in [1.29, 1.82) is 0 Å². The van der Waals surface area contributed by atoms with Gasteiger partial charge >= 0.3 is 5.97 Å². The van der Waals surface area contributed by atoms with Gasteiger partial charge in [-0.15, -0.1) is 0 Å². The van der Waals surface area contributed by atoms with Gasteiger partial charge in [0.2, 0.25) is 0 Å². The Labute approximate surface area is 178 Å². The zero-order valence-corrected chi connectivity index (χ0v) is 18.0. The molecule has 1 heterocycles. The van der Waals surface area contributed by atoms with Crippen molar-refractivity contribution in [2.24, 2.45) is 0 Å². The summed E-state index contributed by atoms with van der Waals surface area (Å²) in [6, 6.07) is 10.6. The molecule has 2 atom stereocenters. The summed E-state index contributed by atoms with van der Waals surface area (Å²) < 4.78 is 25.9. The smallest absolute Gasteiger partial charge is 0.305 e. The first-order valence-electron chi connectivity index (χ1n) is 10.6. The van der Waals surface area contributed by atoms with Crippen LogP contribution in [0.3, 0.4) is 0 Å². The lowest BCUT2D eigenvalue weighted by molar-refractivity contribution is -0.917. The van der Waals surface area contributed by atoms with Crippen LogP contribution in [0.4, 0.5) is 4.39 Å². The van der Waals surface area contributed by atoms with Crippen LogP contribution < -0.4 is 4.90 Å². The maximum absolute atomic E-state index is 13.5. The van der Waals surface area contributed by atoms with E-state index in [1.165, 1.54) is 11.0 Å². The molecule has 166 valence electrons. The third kappa shape index (κ3) is 8.65. The number of halogens is 1. The molecule has 0 saturated carbocycles. The first-order chi connectivity index (χ1) is 14.5.